The first-order valence-corrected chi connectivity index (χ1v) is 6.91. The Kier molecular flexibility index (Phi) is 3.31. The fraction of sp³-hybridized carbons (Fsp3) is 0.429. The molecule has 106 valence electrons. The lowest BCUT2D eigenvalue weighted by molar-refractivity contribution is 0.414. The van der Waals surface area contributed by atoms with Gasteiger partial charge in [0.15, 0.2) is 0 Å². The fourth-order valence-corrected chi connectivity index (χ4v) is 2.86. The first-order chi connectivity index (χ1) is 9.69. The van der Waals surface area contributed by atoms with Crippen LogP contribution >= 0.6 is 0 Å². The van der Waals surface area contributed by atoms with Gasteiger partial charge < -0.3 is 16.4 Å². The van der Waals surface area contributed by atoms with E-state index in [1.165, 1.54) is 0 Å². The SMILES string of the molecule is NCC1CCN(c2cc(N)c3c(=O)[nH]ncc3c2)CC1. The van der Waals surface area contributed by atoms with E-state index in [0.717, 1.165) is 43.5 Å². The maximum Gasteiger partial charge on any atom is 0.274 e. The molecule has 1 aromatic heterocycles. The van der Waals surface area contributed by atoms with E-state index in [9.17, 15) is 4.79 Å². The van der Waals surface area contributed by atoms with Gasteiger partial charge in [0.2, 0.25) is 0 Å². The highest BCUT2D eigenvalue weighted by molar-refractivity contribution is 5.94. The molecule has 6 heteroatoms. The zero-order valence-corrected chi connectivity index (χ0v) is 11.3. The summed E-state index contributed by atoms with van der Waals surface area (Å²) in [6.07, 6.45) is 3.84. The lowest BCUT2D eigenvalue weighted by Gasteiger charge is -2.33. The lowest BCUT2D eigenvalue weighted by Crippen LogP contribution is -2.36. The minimum atomic E-state index is -0.242. The van der Waals surface area contributed by atoms with Gasteiger partial charge in [0.25, 0.3) is 5.56 Å². The number of nitrogens with zero attached hydrogens (tertiary/aromatic N) is 2. The minimum Gasteiger partial charge on any atom is -0.398 e. The molecule has 20 heavy (non-hydrogen) atoms. The molecule has 0 spiro atoms. The van der Waals surface area contributed by atoms with E-state index in [-0.39, 0.29) is 5.56 Å². The van der Waals surface area contributed by atoms with Crippen molar-refractivity contribution >= 4 is 22.1 Å². The van der Waals surface area contributed by atoms with E-state index in [0.29, 0.717) is 17.0 Å². The van der Waals surface area contributed by atoms with Crippen LogP contribution < -0.4 is 21.9 Å². The molecule has 0 aliphatic carbocycles. The van der Waals surface area contributed by atoms with Crippen LogP contribution in [0.1, 0.15) is 12.8 Å². The van der Waals surface area contributed by atoms with Crippen molar-refractivity contribution in [2.75, 3.05) is 30.3 Å². The van der Waals surface area contributed by atoms with Crippen molar-refractivity contribution in [3.05, 3.63) is 28.7 Å². The molecule has 2 aromatic rings. The summed E-state index contributed by atoms with van der Waals surface area (Å²) >= 11 is 0. The molecule has 5 N–H and O–H groups in total. The Morgan fingerprint density at radius 2 is 2.10 bits per heavy atom. The Bertz CT molecular complexity index is 673. The van der Waals surface area contributed by atoms with Crippen LogP contribution in [0.25, 0.3) is 10.8 Å². The highest BCUT2D eigenvalue weighted by Crippen LogP contribution is 2.28. The van der Waals surface area contributed by atoms with Gasteiger partial charge in [-0.3, -0.25) is 4.79 Å². The Balaban J connectivity index is 1.96. The molecule has 1 fully saturated rings. The number of H-pyrrole nitrogens is 1. The first kappa shape index (κ1) is 12.9. The van der Waals surface area contributed by atoms with Crippen molar-refractivity contribution in [3.63, 3.8) is 0 Å². The van der Waals surface area contributed by atoms with Gasteiger partial charge >= 0.3 is 0 Å². The second-order valence-corrected chi connectivity index (χ2v) is 5.36. The van der Waals surface area contributed by atoms with Crippen molar-refractivity contribution in [2.24, 2.45) is 11.7 Å². The van der Waals surface area contributed by atoms with Crippen molar-refractivity contribution in [2.45, 2.75) is 12.8 Å². The summed E-state index contributed by atoms with van der Waals surface area (Å²) in [6.45, 7) is 2.71. The van der Waals surface area contributed by atoms with Crippen molar-refractivity contribution in [3.8, 4) is 0 Å². The Labute approximate surface area is 116 Å². The van der Waals surface area contributed by atoms with Gasteiger partial charge in [-0.15, -0.1) is 0 Å². The second kappa shape index (κ2) is 5.13. The number of nitrogens with one attached hydrogen (secondary N) is 1. The number of piperidine rings is 1. The molecule has 0 atom stereocenters. The van der Waals surface area contributed by atoms with Gasteiger partial charge in [-0.05, 0) is 37.4 Å². The van der Waals surface area contributed by atoms with Crippen LogP contribution in [0.2, 0.25) is 0 Å². The molecule has 1 aliphatic heterocycles. The van der Waals surface area contributed by atoms with Gasteiger partial charge in [-0.1, -0.05) is 0 Å². The standard InChI is InChI=1S/C14H19N5O/c15-7-9-1-3-19(4-2-9)11-5-10-8-17-18-14(20)13(10)12(16)6-11/h5-6,8-9H,1-4,7,15-16H2,(H,18,20). The van der Waals surface area contributed by atoms with Gasteiger partial charge in [0, 0.05) is 29.9 Å². The molecule has 3 rings (SSSR count). The highest BCUT2D eigenvalue weighted by atomic mass is 16.1. The molecule has 1 saturated heterocycles. The van der Waals surface area contributed by atoms with Gasteiger partial charge in [0.1, 0.15) is 0 Å². The summed E-state index contributed by atoms with van der Waals surface area (Å²) in [4.78, 5) is 14.0. The van der Waals surface area contributed by atoms with E-state index in [1.807, 2.05) is 12.1 Å². The van der Waals surface area contributed by atoms with Crippen LogP contribution in [0.3, 0.4) is 0 Å². The topological polar surface area (TPSA) is 101 Å². The Morgan fingerprint density at radius 1 is 1.35 bits per heavy atom. The summed E-state index contributed by atoms with van der Waals surface area (Å²) in [5.41, 5.74) is 13.1. The molecular weight excluding hydrogens is 254 g/mol. The summed E-state index contributed by atoms with van der Waals surface area (Å²) in [7, 11) is 0. The average Bonchev–Trinajstić information content (AvgIpc) is 2.47. The molecule has 1 aromatic carbocycles. The molecule has 0 bridgehead atoms. The number of benzene rings is 1. The van der Waals surface area contributed by atoms with Gasteiger partial charge in [-0.25, -0.2) is 5.10 Å². The number of aromatic amines is 1. The number of fused-ring (bicyclic) bond motifs is 1. The summed E-state index contributed by atoms with van der Waals surface area (Å²) < 4.78 is 0. The van der Waals surface area contributed by atoms with Crippen molar-refractivity contribution in [1.82, 2.24) is 10.2 Å². The molecular formula is C14H19N5O. The first-order valence-electron chi connectivity index (χ1n) is 6.91. The predicted molar refractivity (Wildman–Crippen MR) is 80.8 cm³/mol. The second-order valence-electron chi connectivity index (χ2n) is 5.36. The fourth-order valence-electron chi connectivity index (χ4n) is 2.86. The predicted octanol–water partition coefficient (Wildman–Crippen LogP) is 0.680. The van der Waals surface area contributed by atoms with Crippen molar-refractivity contribution < 1.29 is 0 Å². The van der Waals surface area contributed by atoms with Crippen LogP contribution in [-0.2, 0) is 0 Å². The maximum atomic E-state index is 11.7. The smallest absolute Gasteiger partial charge is 0.274 e. The van der Waals surface area contributed by atoms with Gasteiger partial charge in [0.05, 0.1) is 11.6 Å². The number of hydrogen-bond donors (Lipinski definition) is 3. The normalized spacial score (nSPS) is 16.8. The Hall–Kier alpha value is -2.08. The third-order valence-corrected chi connectivity index (χ3v) is 4.09. The lowest BCUT2D eigenvalue weighted by atomic mass is 9.96. The number of rotatable bonds is 2. The van der Waals surface area contributed by atoms with Gasteiger partial charge in [-0.2, -0.15) is 5.10 Å². The zero-order valence-electron chi connectivity index (χ0n) is 11.3. The highest BCUT2D eigenvalue weighted by Gasteiger charge is 2.19. The molecule has 2 heterocycles. The third-order valence-electron chi connectivity index (χ3n) is 4.09. The maximum absolute atomic E-state index is 11.7. The number of hydrogen-bond acceptors (Lipinski definition) is 5. The zero-order chi connectivity index (χ0) is 14.1. The summed E-state index contributed by atoms with van der Waals surface area (Å²) in [6, 6.07) is 3.86. The number of anilines is 2. The number of aromatic nitrogens is 2. The quantitative estimate of drug-likeness (QED) is 0.698. The van der Waals surface area contributed by atoms with E-state index < -0.39 is 0 Å². The molecule has 0 saturated carbocycles. The largest absolute Gasteiger partial charge is 0.398 e. The van der Waals surface area contributed by atoms with Crippen LogP contribution in [-0.4, -0.2) is 29.8 Å². The molecule has 0 amide bonds. The van der Waals surface area contributed by atoms with Crippen LogP contribution in [0, 0.1) is 5.92 Å². The summed E-state index contributed by atoms with van der Waals surface area (Å²) in [5.74, 6) is 0.619. The molecule has 0 unspecified atom stereocenters. The van der Waals surface area contributed by atoms with E-state index in [2.05, 4.69) is 15.1 Å². The monoisotopic (exact) mass is 273 g/mol. The average molecular weight is 273 g/mol. The van der Waals surface area contributed by atoms with E-state index in [1.54, 1.807) is 6.20 Å². The molecule has 0 radical (unpaired) electrons. The van der Waals surface area contributed by atoms with Crippen LogP contribution in [0.4, 0.5) is 11.4 Å². The minimum absolute atomic E-state index is 0.242. The van der Waals surface area contributed by atoms with Crippen LogP contribution in [0.5, 0.6) is 0 Å². The number of nitrogens with two attached hydrogens (primary N) is 2. The molecule has 6 nitrogen and oxygen atoms in total. The third kappa shape index (κ3) is 2.22. The molecule has 1 aliphatic rings. The van der Waals surface area contributed by atoms with Crippen molar-refractivity contribution in [1.29, 1.82) is 0 Å². The Morgan fingerprint density at radius 3 is 2.80 bits per heavy atom. The van der Waals surface area contributed by atoms with Crippen LogP contribution in [0.15, 0.2) is 23.1 Å². The van der Waals surface area contributed by atoms with E-state index in [4.69, 9.17) is 11.5 Å². The summed E-state index contributed by atoms with van der Waals surface area (Å²) in [5, 5.41) is 7.55. The number of nitrogen functional groups attached to an aromatic ring is 1. The van der Waals surface area contributed by atoms with E-state index >= 15 is 0 Å².